The number of halogens is 1. The van der Waals surface area contributed by atoms with Crippen LogP contribution in [0.3, 0.4) is 0 Å². The summed E-state index contributed by atoms with van der Waals surface area (Å²) in [5.41, 5.74) is 3.51. The third-order valence-corrected chi connectivity index (χ3v) is 6.99. The maximum atomic E-state index is 12.3. The van der Waals surface area contributed by atoms with Crippen LogP contribution in [0.25, 0.3) is 11.1 Å². The van der Waals surface area contributed by atoms with E-state index in [1.807, 2.05) is 47.4 Å². The number of piperidine rings is 1. The standard InChI is InChI=1S/C23H21ClN2O3/c24-21-16(3-1-4-17(21)18-9-10-19(27)25-22(18)29)14-5-7-15(8-6-14)26-20(28)13-23(26)11-2-12-23/h1,3-8,18H,2,9-13H2,(H,25,27,29). The molecule has 5 nitrogen and oxygen atoms in total. The predicted octanol–water partition coefficient (Wildman–Crippen LogP) is 4.19. The van der Waals surface area contributed by atoms with Crippen molar-refractivity contribution in [2.75, 3.05) is 4.90 Å². The molecular formula is C23H21ClN2O3. The minimum absolute atomic E-state index is 0.0575. The van der Waals surface area contributed by atoms with E-state index in [1.165, 1.54) is 6.42 Å². The lowest BCUT2D eigenvalue weighted by atomic mass is 9.67. The van der Waals surface area contributed by atoms with Crippen LogP contribution >= 0.6 is 11.6 Å². The molecule has 2 aromatic carbocycles. The summed E-state index contributed by atoms with van der Waals surface area (Å²) in [5, 5.41) is 2.93. The summed E-state index contributed by atoms with van der Waals surface area (Å²) in [7, 11) is 0. The fraction of sp³-hybridized carbons (Fsp3) is 0.348. The van der Waals surface area contributed by atoms with Gasteiger partial charge in [0.15, 0.2) is 0 Å². The first-order valence-corrected chi connectivity index (χ1v) is 10.4. The molecule has 0 aromatic heterocycles. The van der Waals surface area contributed by atoms with E-state index in [0.29, 0.717) is 24.3 Å². The van der Waals surface area contributed by atoms with Gasteiger partial charge in [0.1, 0.15) is 0 Å². The Morgan fingerprint density at radius 1 is 1.03 bits per heavy atom. The summed E-state index contributed by atoms with van der Waals surface area (Å²) >= 11 is 6.69. The monoisotopic (exact) mass is 408 g/mol. The van der Waals surface area contributed by atoms with Crippen molar-refractivity contribution in [1.82, 2.24) is 5.32 Å². The van der Waals surface area contributed by atoms with Gasteiger partial charge in [-0.1, -0.05) is 41.9 Å². The molecule has 2 aliphatic heterocycles. The third kappa shape index (κ3) is 2.87. The average Bonchev–Trinajstić information content (AvgIpc) is 2.66. The van der Waals surface area contributed by atoms with Crippen LogP contribution in [0.5, 0.6) is 0 Å². The van der Waals surface area contributed by atoms with Crippen LogP contribution in [0.1, 0.15) is 50.0 Å². The van der Waals surface area contributed by atoms with Crippen molar-refractivity contribution in [2.45, 2.75) is 50.0 Å². The van der Waals surface area contributed by atoms with Crippen molar-refractivity contribution < 1.29 is 14.4 Å². The van der Waals surface area contributed by atoms with Gasteiger partial charge in [-0.15, -0.1) is 0 Å². The SMILES string of the molecule is O=C1CCC(c2cccc(-c3ccc(N4C(=O)CC45CCC5)cc3)c2Cl)C(=O)N1. The molecule has 1 saturated carbocycles. The highest BCUT2D eigenvalue weighted by molar-refractivity contribution is 6.34. The third-order valence-electron chi connectivity index (χ3n) is 6.57. The number of β-lactam (4-membered cyclic amide) rings is 1. The zero-order valence-corrected chi connectivity index (χ0v) is 16.7. The Bertz CT molecular complexity index is 1030. The van der Waals surface area contributed by atoms with Gasteiger partial charge in [-0.05, 0) is 48.9 Å². The van der Waals surface area contributed by atoms with E-state index in [9.17, 15) is 14.4 Å². The molecule has 3 fully saturated rings. The fourth-order valence-corrected chi connectivity index (χ4v) is 5.21. The summed E-state index contributed by atoms with van der Waals surface area (Å²) in [6.07, 6.45) is 4.79. The quantitative estimate of drug-likeness (QED) is 0.611. The minimum atomic E-state index is -0.420. The van der Waals surface area contributed by atoms with E-state index in [2.05, 4.69) is 5.32 Å². The van der Waals surface area contributed by atoms with Crippen molar-refractivity contribution in [1.29, 1.82) is 0 Å². The Kier molecular flexibility index (Phi) is 4.24. The minimum Gasteiger partial charge on any atom is -0.306 e. The average molecular weight is 409 g/mol. The summed E-state index contributed by atoms with van der Waals surface area (Å²) in [5.74, 6) is -0.761. The molecular weight excluding hydrogens is 388 g/mol. The molecule has 0 bridgehead atoms. The second kappa shape index (κ2) is 6.70. The van der Waals surface area contributed by atoms with Gasteiger partial charge in [-0.2, -0.15) is 0 Å². The van der Waals surface area contributed by atoms with Gasteiger partial charge in [0.2, 0.25) is 17.7 Å². The largest absolute Gasteiger partial charge is 0.306 e. The van der Waals surface area contributed by atoms with Gasteiger partial charge in [-0.25, -0.2) is 0 Å². The van der Waals surface area contributed by atoms with Crippen LogP contribution in [-0.4, -0.2) is 23.3 Å². The number of carbonyl (C=O) groups excluding carboxylic acids is 3. The van der Waals surface area contributed by atoms with Gasteiger partial charge >= 0.3 is 0 Å². The second-order valence-electron chi connectivity index (χ2n) is 8.24. The Morgan fingerprint density at radius 2 is 1.79 bits per heavy atom. The Balaban J connectivity index is 1.44. The number of benzene rings is 2. The van der Waals surface area contributed by atoms with E-state index in [1.54, 1.807) is 0 Å². The van der Waals surface area contributed by atoms with E-state index >= 15 is 0 Å². The lowest BCUT2D eigenvalue weighted by Crippen LogP contribution is -2.67. The number of nitrogens with zero attached hydrogens (tertiary/aromatic N) is 1. The van der Waals surface area contributed by atoms with Crippen LogP contribution in [0.4, 0.5) is 5.69 Å². The molecule has 6 heteroatoms. The number of imide groups is 1. The number of amides is 3. The summed E-state index contributed by atoms with van der Waals surface area (Å²) in [6, 6.07) is 13.6. The molecule has 1 atom stereocenters. The molecule has 0 radical (unpaired) electrons. The van der Waals surface area contributed by atoms with Crippen LogP contribution in [0.2, 0.25) is 5.02 Å². The number of hydrogen-bond donors (Lipinski definition) is 1. The zero-order valence-electron chi connectivity index (χ0n) is 15.9. The smallest absolute Gasteiger partial charge is 0.234 e. The number of nitrogens with one attached hydrogen (secondary N) is 1. The normalized spacial score (nSPS) is 22.9. The van der Waals surface area contributed by atoms with Gasteiger partial charge in [-0.3, -0.25) is 19.7 Å². The van der Waals surface area contributed by atoms with E-state index in [-0.39, 0.29) is 23.3 Å². The van der Waals surface area contributed by atoms with E-state index < -0.39 is 5.92 Å². The van der Waals surface area contributed by atoms with Crippen molar-refractivity contribution in [2.24, 2.45) is 0 Å². The van der Waals surface area contributed by atoms with Crippen LogP contribution in [-0.2, 0) is 14.4 Å². The molecule has 148 valence electrons. The van der Waals surface area contributed by atoms with Gasteiger partial charge < -0.3 is 4.90 Å². The molecule has 2 aromatic rings. The summed E-state index contributed by atoms with van der Waals surface area (Å²) in [4.78, 5) is 37.8. The van der Waals surface area contributed by atoms with E-state index in [0.717, 1.165) is 35.2 Å². The van der Waals surface area contributed by atoms with Gasteiger partial charge in [0.25, 0.3) is 0 Å². The summed E-state index contributed by atoms with van der Waals surface area (Å²) in [6.45, 7) is 0. The number of rotatable bonds is 3. The molecule has 29 heavy (non-hydrogen) atoms. The van der Waals surface area contributed by atoms with Crippen LogP contribution in [0, 0.1) is 0 Å². The van der Waals surface area contributed by atoms with Gasteiger partial charge in [0.05, 0.1) is 22.9 Å². The highest BCUT2D eigenvalue weighted by Gasteiger charge is 2.55. The van der Waals surface area contributed by atoms with Crippen LogP contribution in [0.15, 0.2) is 42.5 Å². The van der Waals surface area contributed by atoms with E-state index in [4.69, 9.17) is 11.6 Å². The van der Waals surface area contributed by atoms with Crippen molar-refractivity contribution in [3.63, 3.8) is 0 Å². The molecule has 1 spiro atoms. The molecule has 2 saturated heterocycles. The molecule has 3 aliphatic rings. The first kappa shape index (κ1) is 18.4. The maximum absolute atomic E-state index is 12.3. The maximum Gasteiger partial charge on any atom is 0.234 e. The second-order valence-corrected chi connectivity index (χ2v) is 8.62. The zero-order chi connectivity index (χ0) is 20.2. The first-order chi connectivity index (χ1) is 14.0. The summed E-state index contributed by atoms with van der Waals surface area (Å²) < 4.78 is 0. The number of hydrogen-bond acceptors (Lipinski definition) is 3. The molecule has 1 aliphatic carbocycles. The highest BCUT2D eigenvalue weighted by Crippen LogP contribution is 2.50. The molecule has 2 heterocycles. The van der Waals surface area contributed by atoms with Crippen molar-refractivity contribution >= 4 is 35.0 Å². The number of carbonyl (C=O) groups is 3. The number of anilines is 1. The Hall–Kier alpha value is -2.66. The van der Waals surface area contributed by atoms with Crippen molar-refractivity contribution in [3.8, 4) is 11.1 Å². The molecule has 1 N–H and O–H groups in total. The lowest BCUT2D eigenvalue weighted by Gasteiger charge is -2.57. The fourth-order valence-electron chi connectivity index (χ4n) is 4.84. The molecule has 5 rings (SSSR count). The van der Waals surface area contributed by atoms with Gasteiger partial charge in [0, 0.05) is 17.7 Å². The first-order valence-electron chi connectivity index (χ1n) is 10.0. The van der Waals surface area contributed by atoms with Crippen LogP contribution < -0.4 is 10.2 Å². The predicted molar refractivity (Wildman–Crippen MR) is 111 cm³/mol. The topological polar surface area (TPSA) is 66.5 Å². The molecule has 1 unspecified atom stereocenters. The van der Waals surface area contributed by atoms with Crippen molar-refractivity contribution in [3.05, 3.63) is 53.1 Å². The Morgan fingerprint density at radius 3 is 2.41 bits per heavy atom. The lowest BCUT2D eigenvalue weighted by molar-refractivity contribution is -0.134. The Labute approximate surface area is 174 Å². The molecule has 3 amide bonds. The highest BCUT2D eigenvalue weighted by atomic mass is 35.5.